The molecular formula is C17H19BrN2O3. The summed E-state index contributed by atoms with van der Waals surface area (Å²) >= 11 is 3.37. The number of hydrogen-bond donors (Lipinski definition) is 2. The van der Waals surface area contributed by atoms with E-state index in [9.17, 15) is 4.79 Å². The molecule has 0 saturated carbocycles. The van der Waals surface area contributed by atoms with Gasteiger partial charge in [0.15, 0.2) is 6.73 Å². The zero-order valence-electron chi connectivity index (χ0n) is 12.8. The molecule has 0 aliphatic carbocycles. The average molecular weight is 379 g/mol. The van der Waals surface area contributed by atoms with E-state index in [1.807, 2.05) is 43.3 Å². The molecule has 2 amide bonds. The van der Waals surface area contributed by atoms with Crippen molar-refractivity contribution in [3.63, 3.8) is 0 Å². The highest BCUT2D eigenvalue weighted by atomic mass is 79.9. The minimum absolute atomic E-state index is 0.0974. The molecular weight excluding hydrogens is 360 g/mol. The fraction of sp³-hybridized carbons (Fsp3) is 0.235. The summed E-state index contributed by atoms with van der Waals surface area (Å²) in [6.45, 7) is 3.11. The third-order valence-corrected chi connectivity index (χ3v) is 3.50. The molecule has 0 aliphatic rings. The van der Waals surface area contributed by atoms with Crippen LogP contribution in [-0.4, -0.2) is 19.4 Å². The number of nitrogens with one attached hydrogen (secondary N) is 2. The van der Waals surface area contributed by atoms with Gasteiger partial charge in [-0.25, -0.2) is 4.79 Å². The smallest absolute Gasteiger partial charge is 0.317 e. The van der Waals surface area contributed by atoms with Crippen LogP contribution in [0.1, 0.15) is 12.5 Å². The maximum absolute atomic E-state index is 11.7. The Kier molecular flexibility index (Phi) is 6.75. The van der Waals surface area contributed by atoms with E-state index < -0.39 is 0 Å². The van der Waals surface area contributed by atoms with E-state index in [2.05, 4.69) is 26.6 Å². The molecule has 0 bridgehead atoms. The number of hydrogen-bond acceptors (Lipinski definition) is 3. The van der Waals surface area contributed by atoms with Gasteiger partial charge in [0.1, 0.15) is 11.5 Å². The van der Waals surface area contributed by atoms with Gasteiger partial charge in [-0.05, 0) is 48.9 Å². The highest BCUT2D eigenvalue weighted by Gasteiger charge is 2.01. The summed E-state index contributed by atoms with van der Waals surface area (Å²) in [6, 6.07) is 14.7. The lowest BCUT2D eigenvalue weighted by atomic mass is 10.2. The number of ether oxygens (including phenoxy) is 2. The van der Waals surface area contributed by atoms with Crippen LogP contribution < -0.4 is 20.1 Å². The number of urea groups is 1. The van der Waals surface area contributed by atoms with Crippen molar-refractivity contribution in [2.45, 2.75) is 13.5 Å². The second kappa shape index (κ2) is 9.05. The molecule has 2 N–H and O–H groups in total. The second-order valence-corrected chi connectivity index (χ2v) is 5.59. The van der Waals surface area contributed by atoms with Crippen LogP contribution in [0.15, 0.2) is 53.0 Å². The predicted octanol–water partition coefficient (Wildman–Crippen LogP) is 3.68. The summed E-state index contributed by atoms with van der Waals surface area (Å²) in [6.07, 6.45) is 0. The average Bonchev–Trinajstić information content (AvgIpc) is 2.56. The van der Waals surface area contributed by atoms with Crippen LogP contribution in [0.3, 0.4) is 0 Å². The van der Waals surface area contributed by atoms with Crippen molar-refractivity contribution in [2.75, 3.05) is 13.3 Å². The van der Waals surface area contributed by atoms with Crippen molar-refractivity contribution < 1.29 is 14.3 Å². The fourth-order valence-electron chi connectivity index (χ4n) is 1.83. The SMILES string of the molecule is CCOc1ccc(OCNC(=O)NCc2ccc(Br)cc2)cc1. The van der Waals surface area contributed by atoms with Crippen molar-refractivity contribution in [3.05, 3.63) is 58.6 Å². The van der Waals surface area contributed by atoms with E-state index in [4.69, 9.17) is 9.47 Å². The van der Waals surface area contributed by atoms with Gasteiger partial charge in [0, 0.05) is 11.0 Å². The van der Waals surface area contributed by atoms with Gasteiger partial charge in [0.25, 0.3) is 0 Å². The van der Waals surface area contributed by atoms with Gasteiger partial charge in [-0.2, -0.15) is 0 Å². The second-order valence-electron chi connectivity index (χ2n) is 4.68. The number of halogens is 1. The Morgan fingerprint density at radius 1 is 0.957 bits per heavy atom. The van der Waals surface area contributed by atoms with Crippen LogP contribution in [0.4, 0.5) is 4.79 Å². The number of amides is 2. The van der Waals surface area contributed by atoms with Gasteiger partial charge in [-0.1, -0.05) is 28.1 Å². The van der Waals surface area contributed by atoms with E-state index in [1.54, 1.807) is 12.1 Å². The number of carbonyl (C=O) groups excluding carboxylic acids is 1. The van der Waals surface area contributed by atoms with E-state index in [0.717, 1.165) is 15.8 Å². The monoisotopic (exact) mass is 378 g/mol. The first-order valence-electron chi connectivity index (χ1n) is 7.29. The molecule has 0 atom stereocenters. The molecule has 23 heavy (non-hydrogen) atoms. The Labute approximate surface area is 144 Å². The van der Waals surface area contributed by atoms with Gasteiger partial charge in [-0.15, -0.1) is 0 Å². The Balaban J connectivity index is 1.67. The van der Waals surface area contributed by atoms with Crippen molar-refractivity contribution >= 4 is 22.0 Å². The summed E-state index contributed by atoms with van der Waals surface area (Å²) in [5, 5.41) is 5.40. The Hall–Kier alpha value is -2.21. The van der Waals surface area contributed by atoms with Crippen molar-refractivity contribution in [1.29, 1.82) is 0 Å². The van der Waals surface area contributed by atoms with Gasteiger partial charge >= 0.3 is 6.03 Å². The zero-order valence-corrected chi connectivity index (χ0v) is 14.4. The molecule has 122 valence electrons. The minimum Gasteiger partial charge on any atom is -0.494 e. The van der Waals surface area contributed by atoms with E-state index in [-0.39, 0.29) is 12.8 Å². The normalized spacial score (nSPS) is 10.0. The third-order valence-electron chi connectivity index (χ3n) is 2.97. The van der Waals surface area contributed by atoms with Gasteiger partial charge in [0.2, 0.25) is 0 Å². The number of carbonyl (C=O) groups is 1. The molecule has 0 spiro atoms. The van der Waals surface area contributed by atoms with Crippen molar-refractivity contribution in [3.8, 4) is 11.5 Å². The Bertz CT molecular complexity index is 615. The number of benzene rings is 2. The van der Waals surface area contributed by atoms with Crippen LogP contribution in [0, 0.1) is 0 Å². The summed E-state index contributed by atoms with van der Waals surface area (Å²) < 4.78 is 11.8. The highest BCUT2D eigenvalue weighted by molar-refractivity contribution is 9.10. The zero-order chi connectivity index (χ0) is 16.5. The first-order chi connectivity index (χ1) is 11.2. The molecule has 5 nitrogen and oxygen atoms in total. The minimum atomic E-state index is -0.279. The van der Waals surface area contributed by atoms with Gasteiger partial charge < -0.3 is 20.1 Å². The molecule has 0 saturated heterocycles. The van der Waals surface area contributed by atoms with Gasteiger partial charge in [0.05, 0.1) is 6.61 Å². The lowest BCUT2D eigenvalue weighted by Crippen LogP contribution is -2.37. The molecule has 0 unspecified atom stereocenters. The van der Waals surface area contributed by atoms with Crippen LogP contribution in [0.2, 0.25) is 0 Å². The predicted molar refractivity (Wildman–Crippen MR) is 92.6 cm³/mol. The standard InChI is InChI=1S/C17H19BrN2O3/c1-2-22-15-7-9-16(10-8-15)23-12-20-17(21)19-11-13-3-5-14(18)6-4-13/h3-10H,2,11-12H2,1H3,(H2,19,20,21). The third kappa shape index (κ3) is 6.20. The Morgan fingerprint density at radius 3 is 2.17 bits per heavy atom. The summed E-state index contributed by atoms with van der Waals surface area (Å²) in [5.74, 6) is 1.46. The summed E-state index contributed by atoms with van der Waals surface area (Å²) in [4.78, 5) is 11.7. The topological polar surface area (TPSA) is 59.6 Å². The van der Waals surface area contributed by atoms with Crippen LogP contribution in [-0.2, 0) is 6.54 Å². The molecule has 2 aromatic rings. The number of rotatable bonds is 7. The van der Waals surface area contributed by atoms with E-state index >= 15 is 0 Å². The maximum Gasteiger partial charge on any atom is 0.317 e. The summed E-state index contributed by atoms with van der Waals surface area (Å²) in [5.41, 5.74) is 1.02. The van der Waals surface area contributed by atoms with Crippen LogP contribution in [0.25, 0.3) is 0 Å². The van der Waals surface area contributed by atoms with Gasteiger partial charge in [-0.3, -0.25) is 0 Å². The molecule has 0 aromatic heterocycles. The Morgan fingerprint density at radius 2 is 1.57 bits per heavy atom. The van der Waals surface area contributed by atoms with Crippen LogP contribution >= 0.6 is 15.9 Å². The van der Waals surface area contributed by atoms with Crippen molar-refractivity contribution in [1.82, 2.24) is 10.6 Å². The van der Waals surface area contributed by atoms with E-state index in [1.165, 1.54) is 0 Å². The molecule has 0 radical (unpaired) electrons. The molecule has 6 heteroatoms. The molecule has 2 aromatic carbocycles. The van der Waals surface area contributed by atoms with Crippen LogP contribution in [0.5, 0.6) is 11.5 Å². The fourth-order valence-corrected chi connectivity index (χ4v) is 2.10. The van der Waals surface area contributed by atoms with Crippen molar-refractivity contribution in [2.24, 2.45) is 0 Å². The first-order valence-corrected chi connectivity index (χ1v) is 8.08. The van der Waals surface area contributed by atoms with E-state index in [0.29, 0.717) is 18.9 Å². The quantitative estimate of drug-likeness (QED) is 0.722. The highest BCUT2D eigenvalue weighted by Crippen LogP contribution is 2.17. The lowest BCUT2D eigenvalue weighted by Gasteiger charge is -2.10. The molecule has 2 rings (SSSR count). The molecule has 0 heterocycles. The first kappa shape index (κ1) is 17.1. The lowest BCUT2D eigenvalue weighted by molar-refractivity contribution is 0.223. The maximum atomic E-state index is 11.7. The molecule has 0 aliphatic heterocycles. The molecule has 0 fully saturated rings. The largest absolute Gasteiger partial charge is 0.494 e. The summed E-state index contributed by atoms with van der Waals surface area (Å²) in [7, 11) is 0.